The van der Waals surface area contributed by atoms with Crippen LogP contribution in [0.25, 0.3) is 0 Å². The Bertz CT molecular complexity index is 504. The second kappa shape index (κ2) is 6.89. The number of urea groups is 1. The van der Waals surface area contributed by atoms with Crippen LogP contribution in [0.1, 0.15) is 17.3 Å². The lowest BCUT2D eigenvalue weighted by atomic mass is 10.2. The summed E-state index contributed by atoms with van der Waals surface area (Å²) in [6.07, 6.45) is -1.07. The number of benzene rings is 1. The Morgan fingerprint density at radius 3 is 2.47 bits per heavy atom. The highest BCUT2D eigenvalue weighted by molar-refractivity contribution is 9.10. The van der Waals surface area contributed by atoms with E-state index >= 15 is 0 Å². The number of esters is 1. The van der Waals surface area contributed by atoms with Crippen molar-refractivity contribution in [2.45, 2.75) is 13.0 Å². The lowest BCUT2D eigenvalue weighted by Gasteiger charge is -2.13. The van der Waals surface area contributed by atoms with E-state index in [1.54, 1.807) is 24.3 Å². The van der Waals surface area contributed by atoms with Gasteiger partial charge in [0.25, 0.3) is 5.91 Å². The molecule has 1 rings (SSSR count). The van der Waals surface area contributed by atoms with E-state index in [0.717, 1.165) is 0 Å². The van der Waals surface area contributed by atoms with Crippen molar-refractivity contribution >= 4 is 33.8 Å². The Morgan fingerprint density at radius 1 is 1.26 bits per heavy atom. The molecular weight excluding hydrogens is 316 g/mol. The summed E-state index contributed by atoms with van der Waals surface area (Å²) < 4.78 is 5.53. The van der Waals surface area contributed by atoms with Crippen molar-refractivity contribution < 1.29 is 19.1 Å². The molecule has 1 atom stereocenters. The molecule has 0 aliphatic carbocycles. The molecule has 3 amide bonds. The van der Waals surface area contributed by atoms with Crippen LogP contribution in [0.15, 0.2) is 28.7 Å². The number of rotatable bonds is 3. The molecule has 0 saturated heterocycles. The van der Waals surface area contributed by atoms with Gasteiger partial charge in [-0.15, -0.1) is 0 Å². The van der Waals surface area contributed by atoms with Gasteiger partial charge < -0.3 is 10.1 Å². The molecule has 1 aromatic carbocycles. The Labute approximate surface area is 118 Å². The number of carbonyl (C=O) groups excluding carboxylic acids is 3. The minimum Gasteiger partial charge on any atom is -0.449 e. The van der Waals surface area contributed by atoms with Gasteiger partial charge in [-0.3, -0.25) is 10.1 Å². The SMILES string of the molecule is CNC(=O)NC(=O)[C@H](C)OC(=O)c1ccccc1Br. The van der Waals surface area contributed by atoms with Crippen molar-refractivity contribution in [1.29, 1.82) is 0 Å². The summed E-state index contributed by atoms with van der Waals surface area (Å²) in [5, 5.41) is 4.25. The second-order valence-corrected chi connectivity index (χ2v) is 4.45. The number of hydrogen-bond donors (Lipinski definition) is 2. The Kier molecular flexibility index (Phi) is 5.50. The lowest BCUT2D eigenvalue weighted by Crippen LogP contribution is -2.43. The van der Waals surface area contributed by atoms with E-state index in [-0.39, 0.29) is 0 Å². The van der Waals surface area contributed by atoms with Crippen molar-refractivity contribution in [3.8, 4) is 0 Å². The van der Waals surface area contributed by atoms with Gasteiger partial charge in [0.15, 0.2) is 6.10 Å². The van der Waals surface area contributed by atoms with Gasteiger partial charge in [0, 0.05) is 11.5 Å². The summed E-state index contributed by atoms with van der Waals surface area (Å²) in [5.74, 6) is -1.34. The maximum Gasteiger partial charge on any atom is 0.340 e. The summed E-state index contributed by atoms with van der Waals surface area (Å²) in [6, 6.07) is 6.02. The van der Waals surface area contributed by atoms with Gasteiger partial charge in [0.05, 0.1) is 5.56 Å². The molecule has 0 saturated carbocycles. The molecule has 0 radical (unpaired) electrons. The highest BCUT2D eigenvalue weighted by atomic mass is 79.9. The van der Waals surface area contributed by atoms with Gasteiger partial charge in [-0.05, 0) is 35.0 Å². The van der Waals surface area contributed by atoms with Crippen molar-refractivity contribution in [3.63, 3.8) is 0 Å². The van der Waals surface area contributed by atoms with Gasteiger partial charge in [-0.1, -0.05) is 12.1 Å². The molecule has 2 N–H and O–H groups in total. The van der Waals surface area contributed by atoms with Crippen molar-refractivity contribution in [2.75, 3.05) is 7.05 Å². The van der Waals surface area contributed by atoms with Crippen LogP contribution in [0, 0.1) is 0 Å². The highest BCUT2D eigenvalue weighted by Gasteiger charge is 2.21. The van der Waals surface area contributed by atoms with Crippen LogP contribution in [0.2, 0.25) is 0 Å². The first-order chi connectivity index (χ1) is 8.95. The summed E-state index contributed by atoms with van der Waals surface area (Å²) in [5.41, 5.74) is 0.307. The van der Waals surface area contributed by atoms with Crippen LogP contribution in [0.4, 0.5) is 4.79 Å². The molecule has 19 heavy (non-hydrogen) atoms. The summed E-state index contributed by atoms with van der Waals surface area (Å²) >= 11 is 3.21. The molecular formula is C12H13BrN2O4. The first kappa shape index (κ1) is 15.2. The number of amides is 3. The van der Waals surface area contributed by atoms with E-state index < -0.39 is 24.0 Å². The zero-order valence-corrected chi connectivity index (χ0v) is 12.0. The maximum atomic E-state index is 11.8. The monoisotopic (exact) mass is 328 g/mol. The van der Waals surface area contributed by atoms with Gasteiger partial charge in [-0.2, -0.15) is 0 Å². The molecule has 7 heteroatoms. The van der Waals surface area contributed by atoms with Gasteiger partial charge in [0.2, 0.25) is 0 Å². The quantitative estimate of drug-likeness (QED) is 0.822. The molecule has 0 unspecified atom stereocenters. The minimum absolute atomic E-state index is 0.307. The van der Waals surface area contributed by atoms with Crippen LogP contribution >= 0.6 is 15.9 Å². The number of carbonyl (C=O) groups is 3. The van der Waals surface area contributed by atoms with Gasteiger partial charge >= 0.3 is 12.0 Å². The van der Waals surface area contributed by atoms with Gasteiger partial charge in [-0.25, -0.2) is 9.59 Å². The van der Waals surface area contributed by atoms with Crippen LogP contribution in [-0.4, -0.2) is 31.1 Å². The van der Waals surface area contributed by atoms with Crippen LogP contribution in [0.3, 0.4) is 0 Å². The fraction of sp³-hybridized carbons (Fsp3) is 0.250. The predicted molar refractivity (Wildman–Crippen MR) is 71.6 cm³/mol. The predicted octanol–water partition coefficient (Wildman–Crippen LogP) is 1.45. The fourth-order valence-electron chi connectivity index (χ4n) is 1.18. The van der Waals surface area contributed by atoms with Crippen molar-refractivity contribution in [3.05, 3.63) is 34.3 Å². The zero-order valence-electron chi connectivity index (χ0n) is 10.4. The second-order valence-electron chi connectivity index (χ2n) is 3.60. The fourth-order valence-corrected chi connectivity index (χ4v) is 1.63. The Balaban J connectivity index is 2.64. The molecule has 0 aliphatic heterocycles. The number of ether oxygens (including phenoxy) is 1. The number of hydrogen-bond acceptors (Lipinski definition) is 4. The lowest BCUT2D eigenvalue weighted by molar-refractivity contribution is -0.127. The summed E-state index contributed by atoms with van der Waals surface area (Å²) in [7, 11) is 1.38. The van der Waals surface area contributed by atoms with E-state index in [1.807, 2.05) is 5.32 Å². The van der Waals surface area contributed by atoms with E-state index in [0.29, 0.717) is 10.0 Å². The van der Waals surface area contributed by atoms with Crippen LogP contribution in [-0.2, 0) is 9.53 Å². The van der Waals surface area contributed by atoms with E-state index in [1.165, 1.54) is 14.0 Å². The first-order valence-corrected chi connectivity index (χ1v) is 6.23. The molecule has 0 aliphatic rings. The molecule has 6 nitrogen and oxygen atoms in total. The molecule has 0 spiro atoms. The standard InChI is InChI=1S/C12H13BrN2O4/c1-7(10(16)15-12(18)14-2)19-11(17)8-5-3-4-6-9(8)13/h3-7H,1-2H3,(H2,14,15,16,18)/t7-/m0/s1. The smallest absolute Gasteiger partial charge is 0.340 e. The topological polar surface area (TPSA) is 84.5 Å². The number of imide groups is 1. The van der Waals surface area contributed by atoms with Crippen molar-refractivity contribution in [1.82, 2.24) is 10.6 Å². The summed E-state index contributed by atoms with van der Waals surface area (Å²) in [6.45, 7) is 1.38. The minimum atomic E-state index is -1.07. The third kappa shape index (κ3) is 4.36. The van der Waals surface area contributed by atoms with Crippen LogP contribution < -0.4 is 10.6 Å². The molecule has 1 aromatic rings. The molecule has 0 aromatic heterocycles. The average Bonchev–Trinajstić information content (AvgIpc) is 2.38. The maximum absolute atomic E-state index is 11.8. The van der Waals surface area contributed by atoms with Crippen LogP contribution in [0.5, 0.6) is 0 Å². The number of halogens is 1. The Hall–Kier alpha value is -1.89. The van der Waals surface area contributed by atoms with E-state index in [4.69, 9.17) is 4.74 Å². The third-order valence-corrected chi connectivity index (χ3v) is 2.90. The van der Waals surface area contributed by atoms with E-state index in [2.05, 4.69) is 21.2 Å². The molecule has 0 fully saturated rings. The summed E-state index contributed by atoms with van der Waals surface area (Å²) in [4.78, 5) is 34.3. The average molecular weight is 329 g/mol. The molecule has 0 heterocycles. The molecule has 102 valence electrons. The van der Waals surface area contributed by atoms with Gasteiger partial charge in [0.1, 0.15) is 0 Å². The number of nitrogens with one attached hydrogen (secondary N) is 2. The first-order valence-electron chi connectivity index (χ1n) is 5.43. The largest absolute Gasteiger partial charge is 0.449 e. The third-order valence-electron chi connectivity index (χ3n) is 2.21. The van der Waals surface area contributed by atoms with Crippen molar-refractivity contribution in [2.24, 2.45) is 0 Å². The zero-order chi connectivity index (χ0) is 14.4. The normalized spacial score (nSPS) is 11.3. The Morgan fingerprint density at radius 2 is 1.89 bits per heavy atom. The highest BCUT2D eigenvalue weighted by Crippen LogP contribution is 2.17. The molecule has 0 bridgehead atoms. The van der Waals surface area contributed by atoms with E-state index in [9.17, 15) is 14.4 Å².